The Labute approximate surface area is 130 Å². The number of nitrogens with zero attached hydrogens (tertiary/aromatic N) is 3. The summed E-state index contributed by atoms with van der Waals surface area (Å²) in [6, 6.07) is 9.24. The summed E-state index contributed by atoms with van der Waals surface area (Å²) in [7, 11) is 1.69. The molecule has 1 heterocycles. The fraction of sp³-hybridized carbons (Fsp3) is 0.312. The van der Waals surface area contributed by atoms with E-state index in [1.54, 1.807) is 25.4 Å². The average molecular weight is 297 g/mol. The molecule has 6 nitrogen and oxygen atoms in total. The average Bonchev–Trinajstić information content (AvgIpc) is 2.55. The molecule has 0 bridgehead atoms. The number of nitriles is 1. The van der Waals surface area contributed by atoms with E-state index in [0.29, 0.717) is 18.1 Å². The molecule has 0 aliphatic carbocycles. The molecule has 0 radical (unpaired) electrons. The first-order valence-corrected chi connectivity index (χ1v) is 7.06. The van der Waals surface area contributed by atoms with E-state index in [4.69, 9.17) is 10.00 Å². The highest BCUT2D eigenvalue weighted by Gasteiger charge is 2.04. The molecule has 0 spiro atoms. The van der Waals surface area contributed by atoms with Crippen molar-refractivity contribution in [1.29, 1.82) is 5.26 Å². The maximum atomic E-state index is 8.79. The molecule has 0 unspecified atom stereocenters. The molecule has 6 heteroatoms. The third-order valence-electron chi connectivity index (χ3n) is 3.06. The van der Waals surface area contributed by atoms with Crippen molar-refractivity contribution in [2.24, 2.45) is 0 Å². The van der Waals surface area contributed by atoms with Gasteiger partial charge in [-0.1, -0.05) is 0 Å². The summed E-state index contributed by atoms with van der Waals surface area (Å²) >= 11 is 0. The van der Waals surface area contributed by atoms with Crippen LogP contribution in [0.1, 0.15) is 17.5 Å². The molecule has 2 rings (SSSR count). The van der Waals surface area contributed by atoms with E-state index in [1.165, 1.54) is 0 Å². The van der Waals surface area contributed by atoms with Crippen molar-refractivity contribution in [2.75, 3.05) is 30.9 Å². The zero-order valence-corrected chi connectivity index (χ0v) is 12.8. The highest BCUT2D eigenvalue weighted by molar-refractivity contribution is 5.57. The van der Waals surface area contributed by atoms with Gasteiger partial charge in [-0.05, 0) is 37.6 Å². The second kappa shape index (κ2) is 7.96. The largest absolute Gasteiger partial charge is 0.385 e. The molecule has 0 saturated heterocycles. The van der Waals surface area contributed by atoms with E-state index < -0.39 is 0 Å². The van der Waals surface area contributed by atoms with Crippen LogP contribution in [0.2, 0.25) is 0 Å². The normalized spacial score (nSPS) is 10.0. The number of anilines is 3. The number of aryl methyl sites for hydroxylation is 1. The van der Waals surface area contributed by atoms with E-state index in [0.717, 1.165) is 30.0 Å². The van der Waals surface area contributed by atoms with Gasteiger partial charge in [-0.15, -0.1) is 0 Å². The standard InChI is InChI=1S/C16H19N5O/c1-12-11-19-16(21-15(12)18-8-3-9-22-2)20-14-6-4-13(10-17)5-7-14/h4-7,11H,3,8-9H2,1-2H3,(H2,18,19,20,21). The third-order valence-corrected chi connectivity index (χ3v) is 3.06. The third kappa shape index (κ3) is 4.43. The van der Waals surface area contributed by atoms with Gasteiger partial charge in [-0.2, -0.15) is 10.2 Å². The van der Waals surface area contributed by atoms with Crippen LogP contribution < -0.4 is 10.6 Å². The molecular weight excluding hydrogens is 278 g/mol. The van der Waals surface area contributed by atoms with Crippen molar-refractivity contribution in [3.8, 4) is 6.07 Å². The number of methoxy groups -OCH3 is 1. The molecule has 0 aliphatic rings. The smallest absolute Gasteiger partial charge is 0.229 e. The first kappa shape index (κ1) is 15.7. The van der Waals surface area contributed by atoms with Gasteiger partial charge in [0.1, 0.15) is 5.82 Å². The number of hydrogen-bond donors (Lipinski definition) is 2. The van der Waals surface area contributed by atoms with Gasteiger partial charge in [0.05, 0.1) is 11.6 Å². The molecule has 0 aliphatic heterocycles. The van der Waals surface area contributed by atoms with Gasteiger partial charge < -0.3 is 15.4 Å². The summed E-state index contributed by atoms with van der Waals surface area (Å²) in [6.45, 7) is 3.47. The number of hydrogen-bond acceptors (Lipinski definition) is 6. The first-order chi connectivity index (χ1) is 10.7. The van der Waals surface area contributed by atoms with Crippen LogP contribution in [0, 0.1) is 18.3 Å². The molecule has 2 aromatic rings. The highest BCUT2D eigenvalue weighted by Crippen LogP contribution is 2.17. The minimum absolute atomic E-state index is 0.518. The van der Waals surface area contributed by atoms with Crippen molar-refractivity contribution in [3.63, 3.8) is 0 Å². The van der Waals surface area contributed by atoms with Crippen molar-refractivity contribution >= 4 is 17.5 Å². The minimum atomic E-state index is 0.518. The van der Waals surface area contributed by atoms with Crippen LogP contribution in [0.3, 0.4) is 0 Å². The van der Waals surface area contributed by atoms with Crippen LogP contribution in [0.4, 0.5) is 17.5 Å². The van der Waals surface area contributed by atoms with E-state index in [9.17, 15) is 0 Å². The van der Waals surface area contributed by atoms with Gasteiger partial charge in [-0.25, -0.2) is 4.98 Å². The number of rotatable bonds is 7. The van der Waals surface area contributed by atoms with Gasteiger partial charge in [-0.3, -0.25) is 0 Å². The van der Waals surface area contributed by atoms with E-state index in [1.807, 2.05) is 19.1 Å². The number of ether oxygens (including phenoxy) is 1. The lowest BCUT2D eigenvalue weighted by atomic mass is 10.2. The first-order valence-electron chi connectivity index (χ1n) is 7.06. The Morgan fingerprint density at radius 3 is 2.73 bits per heavy atom. The lowest BCUT2D eigenvalue weighted by molar-refractivity contribution is 0.197. The van der Waals surface area contributed by atoms with Crippen molar-refractivity contribution in [2.45, 2.75) is 13.3 Å². The van der Waals surface area contributed by atoms with Crippen molar-refractivity contribution < 1.29 is 4.74 Å². The molecule has 1 aromatic heterocycles. The SMILES string of the molecule is COCCCNc1nc(Nc2ccc(C#N)cc2)ncc1C. The van der Waals surface area contributed by atoms with E-state index in [-0.39, 0.29) is 0 Å². The van der Waals surface area contributed by atoms with Crippen LogP contribution in [0.5, 0.6) is 0 Å². The molecule has 114 valence electrons. The maximum absolute atomic E-state index is 8.79. The Balaban J connectivity index is 2.03. The molecule has 2 N–H and O–H groups in total. The lowest BCUT2D eigenvalue weighted by Crippen LogP contribution is -2.09. The number of aromatic nitrogens is 2. The van der Waals surface area contributed by atoms with Crippen LogP contribution in [0.15, 0.2) is 30.5 Å². The molecule has 22 heavy (non-hydrogen) atoms. The fourth-order valence-corrected chi connectivity index (χ4v) is 1.86. The maximum Gasteiger partial charge on any atom is 0.229 e. The second-order valence-electron chi connectivity index (χ2n) is 4.81. The highest BCUT2D eigenvalue weighted by atomic mass is 16.5. The molecular formula is C16H19N5O. The zero-order chi connectivity index (χ0) is 15.8. The number of nitrogens with one attached hydrogen (secondary N) is 2. The Bertz CT molecular complexity index is 649. The fourth-order valence-electron chi connectivity index (χ4n) is 1.86. The zero-order valence-electron chi connectivity index (χ0n) is 12.8. The van der Waals surface area contributed by atoms with Crippen LogP contribution >= 0.6 is 0 Å². The van der Waals surface area contributed by atoms with Crippen molar-refractivity contribution in [1.82, 2.24) is 9.97 Å². The van der Waals surface area contributed by atoms with Crippen LogP contribution in [-0.4, -0.2) is 30.2 Å². The molecule has 0 fully saturated rings. The molecule has 0 saturated carbocycles. The molecule has 0 amide bonds. The van der Waals surface area contributed by atoms with Gasteiger partial charge in [0.15, 0.2) is 0 Å². The minimum Gasteiger partial charge on any atom is -0.385 e. The molecule has 1 aromatic carbocycles. The van der Waals surface area contributed by atoms with E-state index in [2.05, 4.69) is 26.7 Å². The van der Waals surface area contributed by atoms with Gasteiger partial charge in [0, 0.05) is 37.7 Å². The monoisotopic (exact) mass is 297 g/mol. The van der Waals surface area contributed by atoms with Gasteiger partial charge >= 0.3 is 0 Å². The van der Waals surface area contributed by atoms with E-state index >= 15 is 0 Å². The quantitative estimate of drug-likeness (QED) is 0.765. The Morgan fingerprint density at radius 2 is 2.05 bits per heavy atom. The van der Waals surface area contributed by atoms with Gasteiger partial charge in [0.25, 0.3) is 0 Å². The van der Waals surface area contributed by atoms with Crippen molar-refractivity contribution in [3.05, 3.63) is 41.6 Å². The summed E-state index contributed by atoms with van der Waals surface area (Å²) in [5.74, 6) is 1.33. The second-order valence-corrected chi connectivity index (χ2v) is 4.81. The van der Waals surface area contributed by atoms with Crippen LogP contribution in [-0.2, 0) is 4.74 Å². The van der Waals surface area contributed by atoms with Gasteiger partial charge in [0.2, 0.25) is 5.95 Å². The summed E-state index contributed by atoms with van der Waals surface area (Å²) in [5.41, 5.74) is 2.45. The lowest BCUT2D eigenvalue weighted by Gasteiger charge is -2.10. The predicted octanol–water partition coefficient (Wildman–Crippen LogP) is 2.85. The topological polar surface area (TPSA) is 82.9 Å². The Kier molecular flexibility index (Phi) is 5.69. The molecule has 0 atom stereocenters. The summed E-state index contributed by atoms with van der Waals surface area (Å²) in [5, 5.41) is 15.2. The Hall–Kier alpha value is -2.65. The predicted molar refractivity (Wildman–Crippen MR) is 86.2 cm³/mol. The summed E-state index contributed by atoms with van der Waals surface area (Å²) in [4.78, 5) is 8.74. The van der Waals surface area contributed by atoms with Crippen LogP contribution in [0.25, 0.3) is 0 Å². The Morgan fingerprint density at radius 1 is 1.27 bits per heavy atom. The summed E-state index contributed by atoms with van der Waals surface area (Å²) < 4.78 is 5.02. The number of benzene rings is 1. The summed E-state index contributed by atoms with van der Waals surface area (Å²) in [6.07, 6.45) is 2.69.